The lowest BCUT2D eigenvalue weighted by Crippen LogP contribution is -2.53. The molecule has 2 aliphatic heterocycles. The quantitative estimate of drug-likeness (QED) is 0.692. The van der Waals surface area contributed by atoms with E-state index in [4.69, 9.17) is 9.47 Å². The van der Waals surface area contributed by atoms with Crippen molar-refractivity contribution in [2.45, 2.75) is 31.1 Å². The fraction of sp³-hybridized carbons (Fsp3) is 0.364. The van der Waals surface area contributed by atoms with Crippen LogP contribution in [0.2, 0.25) is 0 Å². The van der Waals surface area contributed by atoms with Gasteiger partial charge in [-0.25, -0.2) is 15.0 Å². The fourth-order valence-corrected chi connectivity index (χ4v) is 4.32. The van der Waals surface area contributed by atoms with Gasteiger partial charge in [-0.15, -0.1) is 0 Å². The molecule has 0 aliphatic carbocycles. The second kappa shape index (κ2) is 7.99. The number of carbonyl (C=O) groups excluding carboxylic acids is 1. The maximum Gasteiger partial charge on any atom is 0.255 e. The summed E-state index contributed by atoms with van der Waals surface area (Å²) in [5.74, 6) is 2.10. The van der Waals surface area contributed by atoms with Gasteiger partial charge < -0.3 is 24.3 Å². The van der Waals surface area contributed by atoms with Gasteiger partial charge in [0.05, 0.1) is 13.7 Å². The SMILES string of the molecule is COc1cccc(NC(=O)C2Cn3ccnc3C3(CCN(c4ncccn4)CC3)O2)c1. The fourth-order valence-electron chi connectivity index (χ4n) is 4.32. The first-order valence-electron chi connectivity index (χ1n) is 10.3. The highest BCUT2D eigenvalue weighted by Crippen LogP contribution is 2.40. The number of nitrogens with zero attached hydrogens (tertiary/aromatic N) is 5. The molecule has 3 aromatic rings. The van der Waals surface area contributed by atoms with Crippen molar-refractivity contribution >= 4 is 17.5 Å². The third kappa shape index (κ3) is 3.72. The molecule has 2 aliphatic rings. The molecular weight excluding hydrogens is 396 g/mol. The van der Waals surface area contributed by atoms with E-state index in [1.165, 1.54) is 0 Å². The summed E-state index contributed by atoms with van der Waals surface area (Å²) in [5.41, 5.74) is 0.0677. The molecule has 2 aromatic heterocycles. The molecular formula is C22H24N6O3. The third-order valence-corrected chi connectivity index (χ3v) is 5.89. The number of piperidine rings is 1. The normalized spacial score (nSPS) is 19.6. The van der Waals surface area contributed by atoms with Gasteiger partial charge in [-0.05, 0) is 18.2 Å². The molecule has 1 amide bonds. The minimum atomic E-state index is -0.618. The number of aromatic nitrogens is 4. The van der Waals surface area contributed by atoms with Crippen molar-refractivity contribution < 1.29 is 14.3 Å². The van der Waals surface area contributed by atoms with Crippen LogP contribution >= 0.6 is 0 Å². The minimum Gasteiger partial charge on any atom is -0.497 e. The van der Waals surface area contributed by atoms with Gasteiger partial charge in [-0.3, -0.25) is 4.79 Å². The monoisotopic (exact) mass is 420 g/mol. The maximum absolute atomic E-state index is 13.1. The largest absolute Gasteiger partial charge is 0.497 e. The first-order chi connectivity index (χ1) is 15.2. The van der Waals surface area contributed by atoms with E-state index in [9.17, 15) is 4.79 Å². The van der Waals surface area contributed by atoms with Crippen LogP contribution < -0.4 is 15.0 Å². The number of anilines is 2. The Kier molecular flexibility index (Phi) is 5.03. The van der Waals surface area contributed by atoms with E-state index >= 15 is 0 Å². The Morgan fingerprint density at radius 3 is 2.74 bits per heavy atom. The van der Waals surface area contributed by atoms with E-state index in [1.807, 2.05) is 35.0 Å². The van der Waals surface area contributed by atoms with Crippen molar-refractivity contribution in [3.05, 3.63) is 60.9 Å². The zero-order valence-corrected chi connectivity index (χ0v) is 17.3. The van der Waals surface area contributed by atoms with Gasteiger partial charge in [0.15, 0.2) is 6.10 Å². The summed E-state index contributed by atoms with van der Waals surface area (Å²) in [6.45, 7) is 1.88. The number of fused-ring (bicyclic) bond motifs is 2. The topological polar surface area (TPSA) is 94.4 Å². The van der Waals surface area contributed by atoms with Crippen LogP contribution in [-0.2, 0) is 21.7 Å². The predicted molar refractivity (Wildman–Crippen MR) is 114 cm³/mol. The molecule has 1 aromatic carbocycles. The molecule has 1 unspecified atom stereocenters. The highest BCUT2D eigenvalue weighted by atomic mass is 16.5. The number of rotatable bonds is 4. The van der Waals surface area contributed by atoms with Crippen LogP contribution in [0.3, 0.4) is 0 Å². The van der Waals surface area contributed by atoms with Crippen LogP contribution in [0.15, 0.2) is 55.1 Å². The summed E-state index contributed by atoms with van der Waals surface area (Å²) >= 11 is 0. The molecule has 1 N–H and O–H groups in total. The number of imidazole rings is 1. The van der Waals surface area contributed by atoms with Crippen molar-refractivity contribution in [3.63, 3.8) is 0 Å². The Balaban J connectivity index is 1.34. The van der Waals surface area contributed by atoms with Crippen LogP contribution in [0, 0.1) is 0 Å². The summed E-state index contributed by atoms with van der Waals surface area (Å²) in [6.07, 6.45) is 7.96. The first kappa shape index (κ1) is 19.5. The van der Waals surface area contributed by atoms with Crippen molar-refractivity contribution in [1.82, 2.24) is 19.5 Å². The number of hydrogen-bond acceptors (Lipinski definition) is 7. The Labute approximate surface area is 180 Å². The molecule has 0 bridgehead atoms. The van der Waals surface area contributed by atoms with Gasteiger partial charge in [0.25, 0.3) is 5.91 Å². The van der Waals surface area contributed by atoms with Crippen LogP contribution in [0.1, 0.15) is 18.7 Å². The molecule has 160 valence electrons. The molecule has 0 saturated carbocycles. The number of hydrogen-bond donors (Lipinski definition) is 1. The molecule has 1 saturated heterocycles. The molecule has 1 spiro atoms. The Hall–Kier alpha value is -3.46. The van der Waals surface area contributed by atoms with Crippen LogP contribution in [0.5, 0.6) is 5.75 Å². The molecule has 9 heteroatoms. The zero-order valence-electron chi connectivity index (χ0n) is 17.3. The summed E-state index contributed by atoms with van der Waals surface area (Å²) in [7, 11) is 1.60. The lowest BCUT2D eigenvalue weighted by molar-refractivity contribution is -0.162. The average Bonchev–Trinajstić information content (AvgIpc) is 3.30. The van der Waals surface area contributed by atoms with Crippen molar-refractivity contribution in [1.29, 1.82) is 0 Å². The molecule has 31 heavy (non-hydrogen) atoms. The highest BCUT2D eigenvalue weighted by molar-refractivity contribution is 5.94. The Morgan fingerprint density at radius 1 is 1.16 bits per heavy atom. The zero-order chi connectivity index (χ0) is 21.3. The van der Waals surface area contributed by atoms with Crippen LogP contribution in [-0.4, -0.2) is 51.7 Å². The lowest BCUT2D eigenvalue weighted by Gasteiger charge is -2.45. The summed E-state index contributed by atoms with van der Waals surface area (Å²) in [5, 5.41) is 2.96. The van der Waals surface area contributed by atoms with Gasteiger partial charge >= 0.3 is 0 Å². The van der Waals surface area contributed by atoms with Gasteiger partial charge in [0.2, 0.25) is 5.95 Å². The van der Waals surface area contributed by atoms with E-state index in [2.05, 4.69) is 25.2 Å². The summed E-state index contributed by atoms with van der Waals surface area (Å²) < 4.78 is 13.8. The molecule has 5 rings (SSSR count). The smallest absolute Gasteiger partial charge is 0.255 e. The summed E-state index contributed by atoms with van der Waals surface area (Å²) in [4.78, 5) is 28.5. The predicted octanol–water partition coefficient (Wildman–Crippen LogP) is 2.21. The van der Waals surface area contributed by atoms with E-state index < -0.39 is 11.7 Å². The third-order valence-electron chi connectivity index (χ3n) is 5.89. The number of amides is 1. The van der Waals surface area contributed by atoms with Crippen molar-refractivity contribution in [3.8, 4) is 5.75 Å². The number of methoxy groups -OCH3 is 1. The second-order valence-electron chi connectivity index (χ2n) is 7.76. The van der Waals surface area contributed by atoms with Gasteiger partial charge in [-0.2, -0.15) is 0 Å². The Morgan fingerprint density at radius 2 is 1.97 bits per heavy atom. The van der Waals surface area contributed by atoms with Gasteiger partial charge in [0.1, 0.15) is 17.2 Å². The lowest BCUT2D eigenvalue weighted by atomic mass is 9.88. The Bertz CT molecular complexity index is 1060. The van der Waals surface area contributed by atoms with Gasteiger partial charge in [0, 0.05) is 62.5 Å². The highest BCUT2D eigenvalue weighted by Gasteiger charge is 2.47. The van der Waals surface area contributed by atoms with Crippen molar-refractivity contribution in [2.24, 2.45) is 0 Å². The number of carbonyl (C=O) groups is 1. The summed E-state index contributed by atoms with van der Waals surface area (Å²) in [6, 6.07) is 9.11. The number of benzene rings is 1. The minimum absolute atomic E-state index is 0.180. The molecule has 1 fully saturated rings. The van der Waals surface area contributed by atoms with E-state index in [1.54, 1.807) is 31.8 Å². The second-order valence-corrected chi connectivity index (χ2v) is 7.76. The van der Waals surface area contributed by atoms with Crippen LogP contribution in [0.4, 0.5) is 11.6 Å². The molecule has 4 heterocycles. The van der Waals surface area contributed by atoms with Gasteiger partial charge in [-0.1, -0.05) is 6.07 Å². The first-order valence-corrected chi connectivity index (χ1v) is 10.3. The average molecular weight is 420 g/mol. The number of nitrogens with one attached hydrogen (secondary N) is 1. The standard InChI is InChI=1S/C22H24N6O3/c1-30-17-5-2-4-16(14-17)26-19(29)18-15-28-13-10-23-20(28)22(31-18)6-11-27(12-7-22)21-24-8-3-9-25-21/h2-5,8-10,13-14,18H,6-7,11-12,15H2,1H3,(H,26,29). The van der Waals surface area contributed by atoms with Crippen molar-refractivity contribution in [2.75, 3.05) is 30.4 Å². The molecule has 1 atom stereocenters. The van der Waals surface area contributed by atoms with E-state index in [-0.39, 0.29) is 5.91 Å². The van der Waals surface area contributed by atoms with Crippen LogP contribution in [0.25, 0.3) is 0 Å². The maximum atomic E-state index is 13.1. The van der Waals surface area contributed by atoms with E-state index in [0.29, 0.717) is 36.8 Å². The number of ether oxygens (including phenoxy) is 2. The molecule has 9 nitrogen and oxygen atoms in total. The molecule has 0 radical (unpaired) electrons. The van der Waals surface area contributed by atoms with E-state index in [0.717, 1.165) is 18.9 Å².